The molecule has 4 heteroatoms. The highest BCUT2D eigenvalue weighted by atomic mass is 16.3. The van der Waals surface area contributed by atoms with Crippen LogP contribution in [-0.2, 0) is 11.3 Å². The molecule has 86 valence electrons. The molecule has 0 aromatic heterocycles. The summed E-state index contributed by atoms with van der Waals surface area (Å²) in [5.41, 5.74) is 1.08. The summed E-state index contributed by atoms with van der Waals surface area (Å²) < 4.78 is 0. The number of aliphatic hydroxyl groups is 1. The zero-order chi connectivity index (χ0) is 11.4. The first kappa shape index (κ1) is 11.1. The lowest BCUT2D eigenvalue weighted by Gasteiger charge is -2.11. The molecule has 4 nitrogen and oxygen atoms in total. The fraction of sp³-hybridized carbons (Fsp3) is 0.417. The molecule has 1 aliphatic heterocycles. The van der Waals surface area contributed by atoms with Crippen molar-refractivity contribution < 1.29 is 9.90 Å². The van der Waals surface area contributed by atoms with Crippen molar-refractivity contribution in [2.24, 2.45) is 0 Å². The molecule has 0 radical (unpaired) electrons. The van der Waals surface area contributed by atoms with E-state index in [2.05, 4.69) is 10.6 Å². The summed E-state index contributed by atoms with van der Waals surface area (Å²) in [6.07, 6.45) is 0.804. The van der Waals surface area contributed by atoms with E-state index in [9.17, 15) is 9.90 Å². The van der Waals surface area contributed by atoms with Crippen molar-refractivity contribution in [3.05, 3.63) is 35.9 Å². The topological polar surface area (TPSA) is 61.4 Å². The average molecular weight is 220 g/mol. The lowest BCUT2D eigenvalue weighted by molar-refractivity contribution is -0.123. The number of hydrogen-bond donors (Lipinski definition) is 3. The number of carbonyl (C=O) groups is 1. The van der Waals surface area contributed by atoms with E-state index in [4.69, 9.17) is 0 Å². The summed E-state index contributed by atoms with van der Waals surface area (Å²) in [7, 11) is 0. The molecule has 3 N–H and O–H groups in total. The van der Waals surface area contributed by atoms with Crippen molar-refractivity contribution in [1.29, 1.82) is 0 Å². The minimum atomic E-state index is -0.535. The van der Waals surface area contributed by atoms with Gasteiger partial charge in [-0.3, -0.25) is 10.1 Å². The molecule has 0 spiro atoms. The Balaban J connectivity index is 1.80. The van der Waals surface area contributed by atoms with Crippen LogP contribution in [-0.4, -0.2) is 23.3 Å². The van der Waals surface area contributed by atoms with Crippen LogP contribution < -0.4 is 10.6 Å². The molecule has 1 amide bonds. The summed E-state index contributed by atoms with van der Waals surface area (Å²) in [6, 6.07) is 9.52. The summed E-state index contributed by atoms with van der Waals surface area (Å²) in [4.78, 5) is 11.7. The number of amides is 1. The fourth-order valence-electron chi connectivity index (χ4n) is 1.84. The van der Waals surface area contributed by atoms with E-state index in [1.165, 1.54) is 0 Å². The molecule has 1 aliphatic rings. The molecular formula is C12H16N2O2. The minimum Gasteiger partial charge on any atom is -0.379 e. The number of rotatable bonds is 3. The van der Waals surface area contributed by atoms with Gasteiger partial charge in [0.25, 0.3) is 0 Å². The normalized spacial score (nSPS) is 24.3. The van der Waals surface area contributed by atoms with Crippen LogP contribution in [0.25, 0.3) is 0 Å². The van der Waals surface area contributed by atoms with Crippen LogP contribution in [0.4, 0.5) is 0 Å². The van der Waals surface area contributed by atoms with Gasteiger partial charge in [0.2, 0.25) is 5.91 Å². The third kappa shape index (κ3) is 2.81. The fourth-order valence-corrected chi connectivity index (χ4v) is 1.84. The van der Waals surface area contributed by atoms with Gasteiger partial charge in [0.1, 0.15) is 6.23 Å². The maximum Gasteiger partial charge on any atom is 0.237 e. The van der Waals surface area contributed by atoms with E-state index < -0.39 is 6.23 Å². The molecular weight excluding hydrogens is 204 g/mol. The van der Waals surface area contributed by atoms with Gasteiger partial charge in [0, 0.05) is 6.54 Å². The summed E-state index contributed by atoms with van der Waals surface area (Å²) in [5, 5.41) is 14.9. The number of carbonyl (C=O) groups excluding carboxylic acids is 1. The predicted molar refractivity (Wildman–Crippen MR) is 60.5 cm³/mol. The van der Waals surface area contributed by atoms with Crippen molar-refractivity contribution >= 4 is 5.91 Å². The number of hydrogen-bond acceptors (Lipinski definition) is 3. The van der Waals surface area contributed by atoms with Crippen molar-refractivity contribution in [2.45, 2.75) is 31.7 Å². The highest BCUT2D eigenvalue weighted by Crippen LogP contribution is 2.10. The van der Waals surface area contributed by atoms with E-state index in [-0.39, 0.29) is 11.9 Å². The molecule has 1 aromatic rings. The number of benzene rings is 1. The van der Waals surface area contributed by atoms with E-state index in [1.807, 2.05) is 30.3 Å². The smallest absolute Gasteiger partial charge is 0.237 e. The first-order valence-corrected chi connectivity index (χ1v) is 5.51. The Bertz CT molecular complexity index is 353. The molecule has 1 aromatic carbocycles. The standard InChI is InChI=1S/C12H16N2O2/c15-11-7-6-10(14-11)12(16)13-8-9-4-2-1-3-5-9/h1-5,10-11,14-15H,6-8H2,(H,13,16)/t10-,11?/m0/s1. The quantitative estimate of drug-likeness (QED) is 0.690. The Labute approximate surface area is 94.7 Å². The second kappa shape index (κ2) is 5.09. The van der Waals surface area contributed by atoms with Crippen LogP contribution >= 0.6 is 0 Å². The van der Waals surface area contributed by atoms with Crippen LogP contribution in [0.1, 0.15) is 18.4 Å². The maximum atomic E-state index is 11.7. The van der Waals surface area contributed by atoms with Gasteiger partial charge in [0.05, 0.1) is 6.04 Å². The summed E-state index contributed by atoms with van der Waals surface area (Å²) in [5.74, 6) is -0.0413. The van der Waals surface area contributed by atoms with Crippen LogP contribution in [0.15, 0.2) is 30.3 Å². The maximum absolute atomic E-state index is 11.7. The van der Waals surface area contributed by atoms with E-state index >= 15 is 0 Å². The van der Waals surface area contributed by atoms with Crippen molar-refractivity contribution in [2.75, 3.05) is 0 Å². The SMILES string of the molecule is O=C(NCc1ccccc1)[C@@H]1CCC(O)N1. The van der Waals surface area contributed by atoms with Crippen LogP contribution in [0, 0.1) is 0 Å². The van der Waals surface area contributed by atoms with E-state index in [0.717, 1.165) is 5.56 Å². The van der Waals surface area contributed by atoms with Gasteiger partial charge in [-0.05, 0) is 18.4 Å². The largest absolute Gasteiger partial charge is 0.379 e. The predicted octanol–water partition coefficient (Wildman–Crippen LogP) is 0.373. The van der Waals surface area contributed by atoms with Crippen LogP contribution in [0.2, 0.25) is 0 Å². The van der Waals surface area contributed by atoms with Crippen LogP contribution in [0.5, 0.6) is 0 Å². The zero-order valence-electron chi connectivity index (χ0n) is 9.02. The Morgan fingerprint density at radius 1 is 1.38 bits per heavy atom. The lowest BCUT2D eigenvalue weighted by atomic mass is 10.2. The molecule has 0 aliphatic carbocycles. The molecule has 1 unspecified atom stereocenters. The van der Waals surface area contributed by atoms with Gasteiger partial charge in [-0.2, -0.15) is 0 Å². The highest BCUT2D eigenvalue weighted by Gasteiger charge is 2.27. The van der Waals surface area contributed by atoms with Gasteiger partial charge in [0.15, 0.2) is 0 Å². The van der Waals surface area contributed by atoms with Crippen molar-refractivity contribution in [3.8, 4) is 0 Å². The Morgan fingerprint density at radius 2 is 2.12 bits per heavy atom. The second-order valence-corrected chi connectivity index (χ2v) is 4.02. The molecule has 1 fully saturated rings. The molecule has 2 atom stereocenters. The van der Waals surface area contributed by atoms with Gasteiger partial charge in [-0.25, -0.2) is 0 Å². The average Bonchev–Trinajstić information content (AvgIpc) is 2.74. The van der Waals surface area contributed by atoms with Crippen molar-refractivity contribution in [1.82, 2.24) is 10.6 Å². The first-order valence-electron chi connectivity index (χ1n) is 5.51. The molecule has 2 rings (SSSR count). The summed E-state index contributed by atoms with van der Waals surface area (Å²) in [6.45, 7) is 0.536. The van der Waals surface area contributed by atoms with E-state index in [0.29, 0.717) is 19.4 Å². The molecule has 0 saturated carbocycles. The molecule has 1 heterocycles. The van der Waals surface area contributed by atoms with Gasteiger partial charge in [-0.1, -0.05) is 30.3 Å². The Morgan fingerprint density at radius 3 is 2.75 bits per heavy atom. The lowest BCUT2D eigenvalue weighted by Crippen LogP contribution is -2.42. The number of nitrogens with one attached hydrogen (secondary N) is 2. The van der Waals surface area contributed by atoms with Crippen LogP contribution in [0.3, 0.4) is 0 Å². The zero-order valence-corrected chi connectivity index (χ0v) is 9.02. The first-order chi connectivity index (χ1) is 7.75. The van der Waals surface area contributed by atoms with E-state index in [1.54, 1.807) is 0 Å². The molecule has 16 heavy (non-hydrogen) atoms. The Kier molecular flexibility index (Phi) is 3.54. The van der Waals surface area contributed by atoms with Gasteiger partial charge >= 0.3 is 0 Å². The third-order valence-electron chi connectivity index (χ3n) is 2.75. The highest BCUT2D eigenvalue weighted by molar-refractivity contribution is 5.82. The van der Waals surface area contributed by atoms with Gasteiger partial charge in [-0.15, -0.1) is 0 Å². The van der Waals surface area contributed by atoms with Gasteiger partial charge < -0.3 is 10.4 Å². The minimum absolute atomic E-state index is 0.0413. The van der Waals surface area contributed by atoms with Crippen molar-refractivity contribution in [3.63, 3.8) is 0 Å². The molecule has 0 bridgehead atoms. The second-order valence-electron chi connectivity index (χ2n) is 4.02. The molecule has 1 saturated heterocycles. The number of aliphatic hydroxyl groups excluding tert-OH is 1. The third-order valence-corrected chi connectivity index (χ3v) is 2.75. The summed E-state index contributed by atoms with van der Waals surface area (Å²) >= 11 is 0. The monoisotopic (exact) mass is 220 g/mol. The Hall–Kier alpha value is -1.39.